The van der Waals surface area contributed by atoms with Crippen molar-refractivity contribution in [2.24, 2.45) is 0 Å². The average molecular weight is 424 g/mol. The quantitative estimate of drug-likeness (QED) is 0.513. The van der Waals surface area contributed by atoms with Crippen LogP contribution < -0.4 is 16.1 Å². The minimum atomic E-state index is -0.498. The molecule has 1 amide bonds. The molecule has 9 heteroatoms. The predicted octanol–water partition coefficient (Wildman–Crippen LogP) is 2.61. The molecule has 0 atom stereocenters. The van der Waals surface area contributed by atoms with Gasteiger partial charge in [-0.2, -0.15) is 0 Å². The van der Waals surface area contributed by atoms with Crippen LogP contribution in [0.4, 0.5) is 5.13 Å². The van der Waals surface area contributed by atoms with Gasteiger partial charge in [0.2, 0.25) is 0 Å². The maximum atomic E-state index is 13.3. The maximum Gasteiger partial charge on any atom is 0.328 e. The van der Waals surface area contributed by atoms with Crippen LogP contribution in [-0.2, 0) is 11.3 Å². The van der Waals surface area contributed by atoms with Gasteiger partial charge < -0.3 is 9.72 Å². The Bertz CT molecular complexity index is 1320. The van der Waals surface area contributed by atoms with E-state index in [1.54, 1.807) is 31.1 Å². The van der Waals surface area contributed by atoms with Gasteiger partial charge in [0, 0.05) is 19.2 Å². The number of aromatic nitrogens is 3. The first-order valence-corrected chi connectivity index (χ1v) is 10.3. The summed E-state index contributed by atoms with van der Waals surface area (Å²) >= 11 is 1.42. The zero-order valence-electron chi connectivity index (χ0n) is 16.5. The predicted molar refractivity (Wildman–Crippen MR) is 118 cm³/mol. The number of benzene rings is 2. The molecule has 0 spiro atoms. The van der Waals surface area contributed by atoms with Crippen LogP contribution in [0.1, 0.15) is 17.3 Å². The summed E-state index contributed by atoms with van der Waals surface area (Å²) in [6.07, 6.45) is 0. The molecule has 1 N–H and O–H groups in total. The second-order valence-electron chi connectivity index (χ2n) is 6.65. The molecule has 0 radical (unpaired) electrons. The number of ether oxygens (including phenoxy) is 1. The molecule has 154 valence electrons. The molecule has 0 saturated carbocycles. The van der Waals surface area contributed by atoms with Crippen LogP contribution in [0.5, 0.6) is 0 Å². The van der Waals surface area contributed by atoms with E-state index in [0.717, 1.165) is 14.8 Å². The number of thiazole rings is 1. The summed E-state index contributed by atoms with van der Waals surface area (Å²) in [6.45, 7) is 2.66. The zero-order chi connectivity index (χ0) is 21.3. The van der Waals surface area contributed by atoms with E-state index in [9.17, 15) is 14.4 Å². The van der Waals surface area contributed by atoms with Gasteiger partial charge in [-0.3, -0.25) is 19.1 Å². The number of anilines is 1. The number of fused-ring (bicyclic) bond motifs is 2. The smallest absolute Gasteiger partial charge is 0.328 e. The fourth-order valence-electron chi connectivity index (χ4n) is 3.27. The van der Waals surface area contributed by atoms with Gasteiger partial charge in [-0.25, -0.2) is 9.78 Å². The summed E-state index contributed by atoms with van der Waals surface area (Å²) in [5, 5.41) is 0.921. The van der Waals surface area contributed by atoms with E-state index in [4.69, 9.17) is 4.74 Å². The van der Waals surface area contributed by atoms with Crippen molar-refractivity contribution < 1.29 is 9.53 Å². The number of nitrogens with one attached hydrogen (secondary N) is 1. The number of hydrogen-bond acceptors (Lipinski definition) is 6. The van der Waals surface area contributed by atoms with Gasteiger partial charge in [-0.1, -0.05) is 23.5 Å². The Labute approximate surface area is 175 Å². The molecule has 4 rings (SSSR count). The van der Waals surface area contributed by atoms with Crippen molar-refractivity contribution in [3.63, 3.8) is 0 Å². The molecule has 0 aliphatic heterocycles. The van der Waals surface area contributed by atoms with E-state index in [1.165, 1.54) is 17.4 Å². The summed E-state index contributed by atoms with van der Waals surface area (Å²) in [4.78, 5) is 46.8. The molecule has 30 heavy (non-hydrogen) atoms. The van der Waals surface area contributed by atoms with Gasteiger partial charge >= 0.3 is 5.69 Å². The van der Waals surface area contributed by atoms with E-state index in [1.807, 2.05) is 24.3 Å². The van der Waals surface area contributed by atoms with E-state index in [-0.39, 0.29) is 18.0 Å². The molecular weight excluding hydrogens is 404 g/mol. The van der Waals surface area contributed by atoms with Crippen molar-refractivity contribution in [2.45, 2.75) is 13.5 Å². The maximum absolute atomic E-state index is 13.3. The summed E-state index contributed by atoms with van der Waals surface area (Å²) in [5.41, 5.74) is 0.619. The average Bonchev–Trinajstić information content (AvgIpc) is 3.17. The Kier molecular flexibility index (Phi) is 5.47. The number of carbonyl (C=O) groups excluding carboxylic acids is 1. The Balaban J connectivity index is 1.78. The number of carbonyl (C=O) groups is 1. The monoisotopic (exact) mass is 424 g/mol. The van der Waals surface area contributed by atoms with Crippen molar-refractivity contribution in [3.05, 3.63) is 68.9 Å². The lowest BCUT2D eigenvalue weighted by molar-refractivity contribution is 0.0976. The lowest BCUT2D eigenvalue weighted by Gasteiger charge is -2.19. The fourth-order valence-corrected chi connectivity index (χ4v) is 4.26. The first kappa shape index (κ1) is 20.0. The van der Waals surface area contributed by atoms with Crippen molar-refractivity contribution in [1.29, 1.82) is 0 Å². The molecule has 0 bridgehead atoms. The molecule has 2 heterocycles. The largest absolute Gasteiger partial charge is 0.383 e. The highest BCUT2D eigenvalue weighted by molar-refractivity contribution is 7.22. The van der Waals surface area contributed by atoms with Crippen LogP contribution in [0.25, 0.3) is 21.1 Å². The molecule has 0 fully saturated rings. The number of rotatable bonds is 6. The number of nitrogens with zero attached hydrogens (tertiary/aromatic N) is 3. The zero-order valence-corrected chi connectivity index (χ0v) is 17.4. The molecular formula is C21H20N4O4S. The molecule has 4 aromatic rings. The van der Waals surface area contributed by atoms with Gasteiger partial charge in [0.1, 0.15) is 0 Å². The standard InChI is InChI=1S/C21H20N4O4S/c1-3-24-19(27)14-9-8-13(12-16(14)22-20(24)28)18(26)25(10-11-29-2)21-23-15-6-4-5-7-17(15)30-21/h4-9,12H,3,10-11H2,1-2H3,(H,22,28). The van der Waals surface area contributed by atoms with Crippen molar-refractivity contribution in [3.8, 4) is 0 Å². The highest BCUT2D eigenvalue weighted by atomic mass is 32.1. The Morgan fingerprint density at radius 3 is 2.77 bits per heavy atom. The van der Waals surface area contributed by atoms with Crippen molar-refractivity contribution >= 4 is 43.5 Å². The fraction of sp³-hybridized carbons (Fsp3) is 0.238. The number of amides is 1. The minimum Gasteiger partial charge on any atom is -0.383 e. The van der Waals surface area contributed by atoms with Crippen molar-refractivity contribution in [2.75, 3.05) is 25.2 Å². The van der Waals surface area contributed by atoms with Crippen LogP contribution in [0.3, 0.4) is 0 Å². The van der Waals surface area contributed by atoms with E-state index >= 15 is 0 Å². The van der Waals surface area contributed by atoms with Crippen LogP contribution >= 0.6 is 11.3 Å². The number of methoxy groups -OCH3 is 1. The summed E-state index contributed by atoms with van der Waals surface area (Å²) in [6, 6.07) is 12.4. The number of hydrogen-bond donors (Lipinski definition) is 1. The van der Waals surface area contributed by atoms with Crippen LogP contribution in [0.15, 0.2) is 52.1 Å². The molecule has 2 aromatic heterocycles. The second kappa shape index (κ2) is 8.21. The highest BCUT2D eigenvalue weighted by Gasteiger charge is 2.22. The third-order valence-electron chi connectivity index (χ3n) is 4.82. The second-order valence-corrected chi connectivity index (χ2v) is 7.66. The third-order valence-corrected chi connectivity index (χ3v) is 5.88. The van der Waals surface area contributed by atoms with Crippen molar-refractivity contribution in [1.82, 2.24) is 14.5 Å². The van der Waals surface area contributed by atoms with E-state index in [2.05, 4.69) is 9.97 Å². The first-order valence-electron chi connectivity index (χ1n) is 9.46. The Morgan fingerprint density at radius 2 is 2.03 bits per heavy atom. The van der Waals surface area contributed by atoms with Gasteiger partial charge in [0.25, 0.3) is 11.5 Å². The lowest BCUT2D eigenvalue weighted by atomic mass is 10.1. The molecule has 8 nitrogen and oxygen atoms in total. The summed E-state index contributed by atoms with van der Waals surface area (Å²) in [5.74, 6) is -0.284. The number of para-hydroxylation sites is 1. The summed E-state index contributed by atoms with van der Waals surface area (Å²) in [7, 11) is 1.57. The normalized spacial score (nSPS) is 11.3. The number of H-pyrrole nitrogens is 1. The Morgan fingerprint density at radius 1 is 1.23 bits per heavy atom. The SMILES string of the molecule is CCn1c(=O)[nH]c2cc(C(=O)N(CCOC)c3nc4ccccc4s3)ccc2c1=O. The van der Waals surface area contributed by atoms with Crippen LogP contribution in [0, 0.1) is 0 Å². The van der Waals surface area contributed by atoms with E-state index < -0.39 is 5.69 Å². The first-order chi connectivity index (χ1) is 14.5. The number of aromatic amines is 1. The lowest BCUT2D eigenvalue weighted by Crippen LogP contribution is -2.35. The molecule has 2 aromatic carbocycles. The minimum absolute atomic E-state index is 0.271. The molecule has 0 aliphatic rings. The van der Waals surface area contributed by atoms with Gasteiger partial charge in [0.05, 0.1) is 34.3 Å². The topological polar surface area (TPSA) is 97.3 Å². The third kappa shape index (κ3) is 3.53. The molecule has 0 aliphatic carbocycles. The molecule has 0 saturated heterocycles. The van der Waals surface area contributed by atoms with Gasteiger partial charge in [-0.05, 0) is 37.3 Å². The van der Waals surface area contributed by atoms with Gasteiger partial charge in [0.15, 0.2) is 5.13 Å². The van der Waals surface area contributed by atoms with Crippen LogP contribution in [-0.4, -0.2) is 40.7 Å². The molecule has 0 unspecified atom stereocenters. The highest BCUT2D eigenvalue weighted by Crippen LogP contribution is 2.29. The van der Waals surface area contributed by atoms with Gasteiger partial charge in [-0.15, -0.1) is 0 Å². The Hall–Kier alpha value is -3.30. The van der Waals surface area contributed by atoms with Crippen LogP contribution in [0.2, 0.25) is 0 Å². The summed E-state index contributed by atoms with van der Waals surface area (Å²) < 4.78 is 7.27. The van der Waals surface area contributed by atoms with E-state index in [0.29, 0.717) is 34.7 Å².